The number of rotatable bonds is 6. The topological polar surface area (TPSA) is 99.9 Å². The van der Waals surface area contributed by atoms with Crippen LogP contribution in [-0.4, -0.2) is 52.9 Å². The molecule has 4 N–H and O–H groups in total. The number of nitrogens with one attached hydrogen (secondary N) is 2. The predicted octanol–water partition coefficient (Wildman–Crippen LogP) is 1.76. The van der Waals surface area contributed by atoms with Gasteiger partial charge in [0.25, 0.3) is 5.91 Å². The van der Waals surface area contributed by atoms with Crippen molar-refractivity contribution in [1.82, 2.24) is 19.9 Å². The van der Waals surface area contributed by atoms with Crippen LogP contribution in [0.25, 0.3) is 21.6 Å². The molecule has 0 aliphatic rings. The van der Waals surface area contributed by atoms with Gasteiger partial charge in [0.05, 0.1) is 0 Å². The molecule has 0 bridgehead atoms. The second-order valence-corrected chi connectivity index (χ2v) is 6.29. The van der Waals surface area contributed by atoms with Crippen LogP contribution < -0.4 is 11.1 Å². The second-order valence-electron chi connectivity index (χ2n) is 5.43. The van der Waals surface area contributed by atoms with Crippen LogP contribution in [0.2, 0.25) is 0 Å². The van der Waals surface area contributed by atoms with Crippen LogP contribution in [0.5, 0.6) is 0 Å². The number of nitrogens with zero attached hydrogens (tertiary/aromatic N) is 3. The van der Waals surface area contributed by atoms with E-state index in [2.05, 4.69) is 25.2 Å². The van der Waals surface area contributed by atoms with Crippen molar-refractivity contribution < 1.29 is 4.79 Å². The Morgan fingerprint density at radius 2 is 2.26 bits per heavy atom. The first-order valence-electron chi connectivity index (χ1n) is 7.17. The fraction of sp³-hybridized carbons (Fsp3) is 0.267. The molecule has 8 heteroatoms. The molecule has 3 rings (SSSR count). The number of primary amides is 1. The highest BCUT2D eigenvalue weighted by Crippen LogP contribution is 2.31. The van der Waals surface area contributed by atoms with E-state index in [1.807, 2.05) is 32.4 Å². The number of likely N-dealkylation sites (N-methyl/N-ethyl adjacent to an activating group) is 1. The third-order valence-electron chi connectivity index (χ3n) is 3.38. The molecule has 0 saturated heterocycles. The van der Waals surface area contributed by atoms with E-state index in [1.165, 1.54) is 11.3 Å². The summed E-state index contributed by atoms with van der Waals surface area (Å²) >= 11 is 1.40. The SMILES string of the molecule is CN(C)CCNc1cc(-c2nc(C(N)=O)cs2)c2cc[nH]c2n1. The number of hydrogen-bond donors (Lipinski definition) is 3. The lowest BCUT2D eigenvalue weighted by Crippen LogP contribution is -2.21. The maximum Gasteiger partial charge on any atom is 0.268 e. The van der Waals surface area contributed by atoms with Crippen LogP contribution in [-0.2, 0) is 0 Å². The Morgan fingerprint density at radius 1 is 1.43 bits per heavy atom. The van der Waals surface area contributed by atoms with Crippen LogP contribution in [0.15, 0.2) is 23.7 Å². The predicted molar refractivity (Wildman–Crippen MR) is 92.8 cm³/mol. The van der Waals surface area contributed by atoms with E-state index in [0.29, 0.717) is 0 Å². The van der Waals surface area contributed by atoms with Gasteiger partial charge in [0.1, 0.15) is 22.2 Å². The first-order valence-corrected chi connectivity index (χ1v) is 8.05. The zero-order valence-electron chi connectivity index (χ0n) is 13.0. The van der Waals surface area contributed by atoms with Crippen molar-refractivity contribution >= 4 is 34.1 Å². The molecule has 3 heterocycles. The molecule has 0 aliphatic heterocycles. The van der Waals surface area contributed by atoms with Crippen LogP contribution >= 0.6 is 11.3 Å². The molecule has 3 aromatic rings. The fourth-order valence-electron chi connectivity index (χ4n) is 2.22. The molecule has 0 aliphatic carbocycles. The van der Waals surface area contributed by atoms with Crippen molar-refractivity contribution in [1.29, 1.82) is 0 Å². The molecule has 7 nitrogen and oxygen atoms in total. The highest BCUT2D eigenvalue weighted by atomic mass is 32.1. The summed E-state index contributed by atoms with van der Waals surface area (Å²) in [6.07, 6.45) is 1.84. The number of fused-ring (bicyclic) bond motifs is 1. The number of hydrogen-bond acceptors (Lipinski definition) is 6. The minimum Gasteiger partial charge on any atom is -0.369 e. The molecule has 3 aromatic heterocycles. The summed E-state index contributed by atoms with van der Waals surface area (Å²) in [5.74, 6) is 0.254. The molecule has 0 atom stereocenters. The Hall–Kier alpha value is -2.45. The molecule has 1 amide bonds. The van der Waals surface area contributed by atoms with Crippen molar-refractivity contribution in [3.8, 4) is 10.6 Å². The van der Waals surface area contributed by atoms with E-state index in [0.717, 1.165) is 40.5 Å². The molecular weight excluding hydrogens is 312 g/mol. The molecule has 0 fully saturated rings. The third-order valence-corrected chi connectivity index (χ3v) is 4.26. The van der Waals surface area contributed by atoms with E-state index in [1.54, 1.807) is 5.38 Å². The number of amides is 1. The van der Waals surface area contributed by atoms with Crippen LogP contribution in [0.1, 0.15) is 10.5 Å². The van der Waals surface area contributed by atoms with E-state index in [9.17, 15) is 4.79 Å². The van der Waals surface area contributed by atoms with Gasteiger partial charge in [-0.3, -0.25) is 4.79 Å². The van der Waals surface area contributed by atoms with Crippen molar-refractivity contribution in [2.24, 2.45) is 5.73 Å². The van der Waals surface area contributed by atoms with Crippen LogP contribution in [0.3, 0.4) is 0 Å². The van der Waals surface area contributed by atoms with E-state index >= 15 is 0 Å². The number of anilines is 1. The van der Waals surface area contributed by atoms with Crippen molar-refractivity contribution in [2.75, 3.05) is 32.5 Å². The molecule has 0 aromatic carbocycles. The number of nitrogens with two attached hydrogens (primary N) is 1. The maximum absolute atomic E-state index is 11.3. The van der Waals surface area contributed by atoms with Gasteiger partial charge in [0.15, 0.2) is 0 Å². The van der Waals surface area contributed by atoms with E-state index < -0.39 is 5.91 Å². The van der Waals surface area contributed by atoms with Gasteiger partial charge < -0.3 is 20.9 Å². The van der Waals surface area contributed by atoms with Gasteiger partial charge >= 0.3 is 0 Å². The van der Waals surface area contributed by atoms with E-state index in [-0.39, 0.29) is 5.69 Å². The van der Waals surface area contributed by atoms with Gasteiger partial charge in [0, 0.05) is 35.6 Å². The van der Waals surface area contributed by atoms with Crippen molar-refractivity contribution in [3.05, 3.63) is 29.4 Å². The normalized spacial score (nSPS) is 11.3. The smallest absolute Gasteiger partial charge is 0.268 e. The number of thiazole rings is 1. The summed E-state index contributed by atoms with van der Waals surface area (Å²) < 4.78 is 0. The Kier molecular flexibility index (Phi) is 4.26. The fourth-order valence-corrected chi connectivity index (χ4v) is 3.06. The van der Waals surface area contributed by atoms with Gasteiger partial charge in [-0.05, 0) is 26.2 Å². The van der Waals surface area contributed by atoms with Crippen molar-refractivity contribution in [3.63, 3.8) is 0 Å². The Balaban J connectivity index is 1.97. The summed E-state index contributed by atoms with van der Waals surface area (Å²) in [5.41, 5.74) is 7.29. The number of aromatic amines is 1. The zero-order valence-corrected chi connectivity index (χ0v) is 13.8. The number of carbonyl (C=O) groups excluding carboxylic acids is 1. The summed E-state index contributed by atoms with van der Waals surface area (Å²) in [5, 5.41) is 6.70. The quantitative estimate of drug-likeness (QED) is 0.639. The Labute approximate surface area is 137 Å². The monoisotopic (exact) mass is 330 g/mol. The molecule has 120 valence electrons. The number of carbonyl (C=O) groups is 1. The molecule has 0 spiro atoms. The summed E-state index contributed by atoms with van der Waals surface area (Å²) in [7, 11) is 4.05. The standard InChI is InChI=1S/C15H18N6OS/c1-21(2)6-5-17-12-7-10(9-3-4-18-14(9)20-12)15-19-11(8-23-15)13(16)22/h3-4,7-8H,5-6H2,1-2H3,(H2,16,22)(H2,17,18,20). The van der Waals surface area contributed by atoms with Gasteiger partial charge in [-0.1, -0.05) is 0 Å². The van der Waals surface area contributed by atoms with Crippen LogP contribution in [0.4, 0.5) is 5.82 Å². The lowest BCUT2D eigenvalue weighted by molar-refractivity contribution is 0.0996. The Bertz CT molecular complexity index is 837. The highest BCUT2D eigenvalue weighted by molar-refractivity contribution is 7.13. The molecule has 0 saturated carbocycles. The lowest BCUT2D eigenvalue weighted by Gasteiger charge is -2.11. The highest BCUT2D eigenvalue weighted by Gasteiger charge is 2.14. The van der Waals surface area contributed by atoms with Gasteiger partial charge in [-0.15, -0.1) is 11.3 Å². The van der Waals surface area contributed by atoms with E-state index in [4.69, 9.17) is 5.73 Å². The molecular formula is C15H18N6OS. The number of pyridine rings is 1. The summed E-state index contributed by atoms with van der Waals surface area (Å²) in [6, 6.07) is 3.90. The Morgan fingerprint density at radius 3 is 2.96 bits per heavy atom. The third kappa shape index (κ3) is 3.33. The minimum absolute atomic E-state index is 0.285. The largest absolute Gasteiger partial charge is 0.369 e. The zero-order chi connectivity index (χ0) is 16.4. The first kappa shape index (κ1) is 15.4. The van der Waals surface area contributed by atoms with Crippen molar-refractivity contribution in [2.45, 2.75) is 0 Å². The minimum atomic E-state index is -0.517. The van der Waals surface area contributed by atoms with Gasteiger partial charge in [-0.25, -0.2) is 9.97 Å². The lowest BCUT2D eigenvalue weighted by atomic mass is 10.2. The average Bonchev–Trinajstić information content (AvgIpc) is 3.15. The summed E-state index contributed by atoms with van der Waals surface area (Å²) in [6.45, 7) is 1.69. The number of aromatic nitrogens is 3. The van der Waals surface area contributed by atoms with Gasteiger partial charge in [0.2, 0.25) is 0 Å². The maximum atomic E-state index is 11.3. The molecule has 0 radical (unpaired) electrons. The average molecular weight is 330 g/mol. The number of H-pyrrole nitrogens is 1. The summed E-state index contributed by atoms with van der Waals surface area (Å²) in [4.78, 5) is 25.4. The molecule has 0 unspecified atom stereocenters. The van der Waals surface area contributed by atoms with Gasteiger partial charge in [-0.2, -0.15) is 0 Å². The second kappa shape index (κ2) is 6.35. The first-order chi connectivity index (χ1) is 11.0. The van der Waals surface area contributed by atoms with Crippen LogP contribution in [0, 0.1) is 0 Å². The molecule has 23 heavy (non-hydrogen) atoms.